The summed E-state index contributed by atoms with van der Waals surface area (Å²) < 4.78 is 9.49. The molecule has 2 atom stereocenters. The van der Waals surface area contributed by atoms with Crippen LogP contribution in [-0.4, -0.2) is 20.5 Å². The van der Waals surface area contributed by atoms with E-state index in [0.29, 0.717) is 23.4 Å². The van der Waals surface area contributed by atoms with Crippen LogP contribution in [0.4, 0.5) is 5.82 Å². The van der Waals surface area contributed by atoms with E-state index in [1.165, 1.54) is 0 Å². The van der Waals surface area contributed by atoms with Crippen LogP contribution in [0, 0.1) is 5.92 Å². The number of nitrogens with two attached hydrogens (primary N) is 1. The van der Waals surface area contributed by atoms with Crippen molar-refractivity contribution in [1.82, 2.24) is 20.5 Å². The topological polar surface area (TPSA) is 104 Å². The second kappa shape index (κ2) is 2.78. The molecule has 1 aliphatic rings. The van der Waals surface area contributed by atoms with Gasteiger partial charge in [0, 0.05) is 5.92 Å². The monoisotopic (exact) mass is 207 g/mol. The molecule has 0 spiro atoms. The van der Waals surface area contributed by atoms with Crippen molar-refractivity contribution in [3.05, 3.63) is 5.82 Å². The number of hydrogen-bond acceptors (Lipinski definition) is 7. The Morgan fingerprint density at radius 3 is 2.73 bits per heavy atom. The molecule has 2 heterocycles. The lowest BCUT2D eigenvalue weighted by molar-refractivity contribution is 0.308. The van der Waals surface area contributed by atoms with Crippen molar-refractivity contribution in [3.8, 4) is 11.6 Å². The van der Waals surface area contributed by atoms with Crippen molar-refractivity contribution in [2.75, 3.05) is 5.73 Å². The molecule has 1 aliphatic carbocycles. The predicted octanol–water partition coefficient (Wildman–Crippen LogP) is 0.825. The Hall–Kier alpha value is -1.92. The van der Waals surface area contributed by atoms with Gasteiger partial charge in [-0.2, -0.15) is 4.98 Å². The molecule has 0 radical (unpaired) electrons. The Morgan fingerprint density at radius 2 is 2.13 bits per heavy atom. The second-order valence-electron chi connectivity index (χ2n) is 3.78. The normalized spacial score (nSPS) is 24.3. The summed E-state index contributed by atoms with van der Waals surface area (Å²) in [6, 6.07) is 0. The van der Waals surface area contributed by atoms with E-state index in [1.54, 1.807) is 0 Å². The van der Waals surface area contributed by atoms with Crippen molar-refractivity contribution in [3.63, 3.8) is 0 Å². The summed E-state index contributed by atoms with van der Waals surface area (Å²) in [4.78, 5) is 4.21. The molecule has 0 aliphatic heterocycles. The molecule has 2 aromatic heterocycles. The van der Waals surface area contributed by atoms with Gasteiger partial charge in [0.1, 0.15) is 0 Å². The Bertz CT molecular complexity index is 491. The SMILES string of the molecule is CC1CC1c1noc(-c2nonc2N)n1. The lowest BCUT2D eigenvalue weighted by Gasteiger charge is -1.84. The van der Waals surface area contributed by atoms with E-state index in [-0.39, 0.29) is 11.7 Å². The minimum absolute atomic E-state index is 0.161. The number of hydrogen-bond donors (Lipinski definition) is 1. The summed E-state index contributed by atoms with van der Waals surface area (Å²) in [7, 11) is 0. The summed E-state index contributed by atoms with van der Waals surface area (Å²) in [6.45, 7) is 2.15. The summed E-state index contributed by atoms with van der Waals surface area (Å²) in [5.41, 5.74) is 5.81. The molecule has 7 nitrogen and oxygen atoms in total. The van der Waals surface area contributed by atoms with E-state index in [1.807, 2.05) is 0 Å². The third-order valence-electron chi connectivity index (χ3n) is 2.60. The van der Waals surface area contributed by atoms with Gasteiger partial charge < -0.3 is 10.3 Å². The average Bonchev–Trinajstić information content (AvgIpc) is 2.69. The number of nitrogen functional groups attached to an aromatic ring is 1. The van der Waals surface area contributed by atoms with Gasteiger partial charge in [-0.25, -0.2) is 4.63 Å². The zero-order chi connectivity index (χ0) is 10.4. The van der Waals surface area contributed by atoms with Gasteiger partial charge in [0.2, 0.25) is 11.5 Å². The first-order valence-electron chi connectivity index (χ1n) is 4.67. The van der Waals surface area contributed by atoms with Crippen molar-refractivity contribution in [2.45, 2.75) is 19.3 Å². The smallest absolute Gasteiger partial charge is 0.284 e. The summed E-state index contributed by atoms with van der Waals surface area (Å²) in [6.07, 6.45) is 1.10. The van der Waals surface area contributed by atoms with Crippen LogP contribution in [-0.2, 0) is 0 Å². The summed E-state index contributed by atoms with van der Waals surface area (Å²) in [5, 5.41) is 10.9. The van der Waals surface area contributed by atoms with Crippen molar-refractivity contribution < 1.29 is 9.15 Å². The molecule has 7 heteroatoms. The molecule has 0 amide bonds. The predicted molar refractivity (Wildman–Crippen MR) is 48.5 cm³/mol. The van der Waals surface area contributed by atoms with Crippen LogP contribution in [0.25, 0.3) is 11.6 Å². The fourth-order valence-electron chi connectivity index (χ4n) is 1.51. The number of aromatic nitrogens is 4. The molecule has 78 valence electrons. The molecule has 2 N–H and O–H groups in total. The van der Waals surface area contributed by atoms with E-state index in [0.717, 1.165) is 6.42 Å². The van der Waals surface area contributed by atoms with E-state index < -0.39 is 0 Å². The van der Waals surface area contributed by atoms with Crippen LogP contribution in [0.5, 0.6) is 0 Å². The van der Waals surface area contributed by atoms with Crippen molar-refractivity contribution in [2.24, 2.45) is 5.92 Å². The highest BCUT2D eigenvalue weighted by atomic mass is 16.6. The van der Waals surface area contributed by atoms with E-state index in [4.69, 9.17) is 10.3 Å². The van der Waals surface area contributed by atoms with Gasteiger partial charge in [-0.3, -0.25) is 0 Å². The van der Waals surface area contributed by atoms with Crippen LogP contribution in [0.2, 0.25) is 0 Å². The zero-order valence-electron chi connectivity index (χ0n) is 8.04. The number of rotatable bonds is 2. The first-order chi connectivity index (χ1) is 7.25. The first-order valence-corrected chi connectivity index (χ1v) is 4.67. The van der Waals surface area contributed by atoms with Crippen molar-refractivity contribution >= 4 is 5.82 Å². The third-order valence-corrected chi connectivity index (χ3v) is 2.60. The molecular formula is C8H9N5O2. The standard InChI is InChI=1S/C8H9N5O2/c1-3-2-4(3)7-10-8(14-13-7)5-6(9)12-15-11-5/h3-4H,2H2,1H3,(H2,9,12). The van der Waals surface area contributed by atoms with Gasteiger partial charge in [0.15, 0.2) is 5.82 Å². The van der Waals surface area contributed by atoms with Gasteiger partial charge >= 0.3 is 0 Å². The van der Waals surface area contributed by atoms with E-state index in [2.05, 4.69) is 32.0 Å². The number of anilines is 1. The Labute approximate surface area is 84.6 Å². The highest BCUT2D eigenvalue weighted by Crippen LogP contribution is 2.45. The number of nitrogens with zero attached hydrogens (tertiary/aromatic N) is 4. The van der Waals surface area contributed by atoms with Crippen LogP contribution in [0.1, 0.15) is 25.1 Å². The lowest BCUT2D eigenvalue weighted by Crippen LogP contribution is -1.89. The molecule has 1 fully saturated rings. The minimum Gasteiger partial charge on any atom is -0.379 e. The van der Waals surface area contributed by atoms with Crippen LogP contribution in [0.15, 0.2) is 9.15 Å². The van der Waals surface area contributed by atoms with Gasteiger partial charge in [0.25, 0.3) is 5.89 Å². The Balaban J connectivity index is 1.94. The maximum atomic E-state index is 5.51. The molecule has 2 unspecified atom stereocenters. The molecule has 15 heavy (non-hydrogen) atoms. The molecule has 1 saturated carbocycles. The highest BCUT2D eigenvalue weighted by molar-refractivity contribution is 5.60. The van der Waals surface area contributed by atoms with Crippen LogP contribution < -0.4 is 5.73 Å². The zero-order valence-corrected chi connectivity index (χ0v) is 8.04. The van der Waals surface area contributed by atoms with E-state index >= 15 is 0 Å². The summed E-state index contributed by atoms with van der Waals surface area (Å²) >= 11 is 0. The van der Waals surface area contributed by atoms with Gasteiger partial charge in [-0.05, 0) is 22.7 Å². The molecule has 0 bridgehead atoms. The van der Waals surface area contributed by atoms with Gasteiger partial charge in [-0.15, -0.1) is 0 Å². The molecule has 2 aromatic rings. The third kappa shape index (κ3) is 1.27. The fourth-order valence-corrected chi connectivity index (χ4v) is 1.51. The Kier molecular flexibility index (Phi) is 1.56. The quantitative estimate of drug-likeness (QED) is 0.777. The molecular weight excluding hydrogens is 198 g/mol. The van der Waals surface area contributed by atoms with Crippen LogP contribution in [0.3, 0.4) is 0 Å². The summed E-state index contributed by atoms with van der Waals surface area (Å²) in [5.74, 6) is 2.17. The van der Waals surface area contributed by atoms with Gasteiger partial charge in [-0.1, -0.05) is 12.1 Å². The lowest BCUT2D eigenvalue weighted by atomic mass is 10.3. The largest absolute Gasteiger partial charge is 0.379 e. The molecule has 0 saturated heterocycles. The van der Waals surface area contributed by atoms with Gasteiger partial charge in [0.05, 0.1) is 0 Å². The fraction of sp³-hybridized carbons (Fsp3) is 0.500. The van der Waals surface area contributed by atoms with Crippen LogP contribution >= 0.6 is 0 Å². The maximum Gasteiger partial charge on any atom is 0.284 e. The van der Waals surface area contributed by atoms with Crippen molar-refractivity contribution in [1.29, 1.82) is 0 Å². The minimum atomic E-state index is 0.161. The highest BCUT2D eigenvalue weighted by Gasteiger charge is 2.38. The molecule has 0 aromatic carbocycles. The second-order valence-corrected chi connectivity index (χ2v) is 3.78. The molecule has 3 rings (SSSR count). The Morgan fingerprint density at radius 1 is 1.33 bits per heavy atom. The average molecular weight is 207 g/mol. The maximum absolute atomic E-state index is 5.51. The first kappa shape index (κ1) is 8.39. The van der Waals surface area contributed by atoms with E-state index in [9.17, 15) is 0 Å².